The van der Waals surface area contributed by atoms with Crippen LogP contribution >= 0.6 is 11.6 Å². The molecular formula is C15H22ClNO2. The van der Waals surface area contributed by atoms with Crippen LogP contribution in [-0.2, 0) is 11.2 Å². The van der Waals surface area contributed by atoms with Gasteiger partial charge in [0.2, 0.25) is 5.91 Å². The minimum atomic E-state index is -0.792. The molecule has 0 aliphatic rings. The van der Waals surface area contributed by atoms with Crippen molar-refractivity contribution in [3.05, 3.63) is 34.9 Å². The Labute approximate surface area is 120 Å². The highest BCUT2D eigenvalue weighted by atomic mass is 35.5. The van der Waals surface area contributed by atoms with E-state index in [-0.39, 0.29) is 5.91 Å². The third-order valence-electron chi connectivity index (χ3n) is 3.51. The molecule has 19 heavy (non-hydrogen) atoms. The molecule has 0 aromatic heterocycles. The number of halogens is 1. The van der Waals surface area contributed by atoms with E-state index < -0.39 is 5.60 Å². The molecule has 1 aromatic rings. The topological polar surface area (TPSA) is 49.3 Å². The highest BCUT2D eigenvalue weighted by molar-refractivity contribution is 6.31. The Morgan fingerprint density at radius 3 is 2.53 bits per heavy atom. The summed E-state index contributed by atoms with van der Waals surface area (Å²) in [5.41, 5.74) is 0.181. The maximum absolute atomic E-state index is 11.7. The summed E-state index contributed by atoms with van der Waals surface area (Å²) in [6.07, 6.45) is 2.26. The summed E-state index contributed by atoms with van der Waals surface area (Å²) in [5.74, 6) is -0.0553. The zero-order valence-corrected chi connectivity index (χ0v) is 12.3. The van der Waals surface area contributed by atoms with E-state index in [0.717, 1.165) is 5.56 Å². The maximum Gasteiger partial charge on any atom is 0.220 e. The Morgan fingerprint density at radius 2 is 1.95 bits per heavy atom. The molecule has 0 unspecified atom stereocenters. The van der Waals surface area contributed by atoms with Crippen LogP contribution in [0, 0.1) is 0 Å². The van der Waals surface area contributed by atoms with E-state index in [0.29, 0.717) is 37.3 Å². The molecule has 106 valence electrons. The fourth-order valence-electron chi connectivity index (χ4n) is 1.80. The number of rotatable bonds is 7. The van der Waals surface area contributed by atoms with Crippen molar-refractivity contribution in [1.29, 1.82) is 0 Å². The van der Waals surface area contributed by atoms with Crippen molar-refractivity contribution < 1.29 is 9.90 Å². The minimum absolute atomic E-state index is 0.0553. The van der Waals surface area contributed by atoms with Crippen LogP contribution in [0.4, 0.5) is 0 Å². The Kier molecular flexibility index (Phi) is 6.32. The smallest absolute Gasteiger partial charge is 0.220 e. The second-order valence-electron chi connectivity index (χ2n) is 4.80. The summed E-state index contributed by atoms with van der Waals surface area (Å²) in [4.78, 5) is 11.7. The van der Waals surface area contributed by atoms with Gasteiger partial charge in [0.1, 0.15) is 0 Å². The molecular weight excluding hydrogens is 262 g/mol. The lowest BCUT2D eigenvalue weighted by molar-refractivity contribution is -0.122. The lowest BCUT2D eigenvalue weighted by Gasteiger charge is -2.25. The number of benzene rings is 1. The largest absolute Gasteiger partial charge is 0.388 e. The summed E-state index contributed by atoms with van der Waals surface area (Å²) < 4.78 is 0. The molecule has 0 saturated carbocycles. The normalized spacial score (nSPS) is 11.4. The van der Waals surface area contributed by atoms with Crippen LogP contribution in [0.25, 0.3) is 0 Å². The average Bonchev–Trinajstić information content (AvgIpc) is 2.44. The van der Waals surface area contributed by atoms with E-state index in [1.165, 1.54) is 0 Å². The molecule has 2 N–H and O–H groups in total. The van der Waals surface area contributed by atoms with Crippen molar-refractivity contribution in [3.63, 3.8) is 0 Å². The summed E-state index contributed by atoms with van der Waals surface area (Å²) in [6, 6.07) is 7.52. The van der Waals surface area contributed by atoms with Gasteiger partial charge in [-0.3, -0.25) is 4.79 Å². The SMILES string of the molecule is CCC(O)(CC)CNC(=O)CCc1ccccc1Cl. The van der Waals surface area contributed by atoms with E-state index in [4.69, 9.17) is 11.6 Å². The Hall–Kier alpha value is -1.06. The van der Waals surface area contributed by atoms with Crippen molar-refractivity contribution in [2.24, 2.45) is 0 Å². The summed E-state index contributed by atoms with van der Waals surface area (Å²) >= 11 is 6.03. The van der Waals surface area contributed by atoms with Gasteiger partial charge in [-0.15, -0.1) is 0 Å². The third-order valence-corrected chi connectivity index (χ3v) is 3.88. The molecule has 0 aliphatic carbocycles. The second-order valence-corrected chi connectivity index (χ2v) is 5.21. The fraction of sp³-hybridized carbons (Fsp3) is 0.533. The van der Waals surface area contributed by atoms with Crippen LogP contribution in [0.1, 0.15) is 38.7 Å². The lowest BCUT2D eigenvalue weighted by atomic mass is 9.97. The first-order chi connectivity index (χ1) is 9.00. The first kappa shape index (κ1) is 16.0. The van der Waals surface area contributed by atoms with E-state index >= 15 is 0 Å². The number of aryl methyl sites for hydroxylation is 1. The van der Waals surface area contributed by atoms with Crippen molar-refractivity contribution in [1.82, 2.24) is 5.32 Å². The molecule has 0 radical (unpaired) electrons. The first-order valence-electron chi connectivity index (χ1n) is 6.73. The average molecular weight is 284 g/mol. The van der Waals surface area contributed by atoms with Gasteiger partial charge < -0.3 is 10.4 Å². The molecule has 3 nitrogen and oxygen atoms in total. The Balaban J connectivity index is 2.39. The van der Waals surface area contributed by atoms with Gasteiger partial charge in [0, 0.05) is 18.0 Å². The van der Waals surface area contributed by atoms with Crippen LogP contribution in [0.15, 0.2) is 24.3 Å². The van der Waals surface area contributed by atoms with Crippen molar-refractivity contribution in [2.45, 2.75) is 45.1 Å². The van der Waals surface area contributed by atoms with Crippen LogP contribution in [0.2, 0.25) is 5.02 Å². The van der Waals surface area contributed by atoms with Gasteiger partial charge in [0.25, 0.3) is 0 Å². The van der Waals surface area contributed by atoms with E-state index in [9.17, 15) is 9.90 Å². The molecule has 0 bridgehead atoms. The molecule has 0 atom stereocenters. The van der Waals surface area contributed by atoms with Gasteiger partial charge in [-0.2, -0.15) is 0 Å². The van der Waals surface area contributed by atoms with Crippen LogP contribution in [0.3, 0.4) is 0 Å². The monoisotopic (exact) mass is 283 g/mol. The summed E-state index contributed by atoms with van der Waals surface area (Å²) in [6.45, 7) is 4.14. The number of amides is 1. The zero-order chi connectivity index (χ0) is 14.3. The molecule has 0 saturated heterocycles. The summed E-state index contributed by atoms with van der Waals surface area (Å²) in [7, 11) is 0. The van der Waals surface area contributed by atoms with E-state index in [1.807, 2.05) is 38.1 Å². The van der Waals surface area contributed by atoms with Gasteiger partial charge in [-0.25, -0.2) is 0 Å². The molecule has 0 fully saturated rings. The highest BCUT2D eigenvalue weighted by Crippen LogP contribution is 2.17. The van der Waals surface area contributed by atoms with Gasteiger partial charge >= 0.3 is 0 Å². The Bertz CT molecular complexity index is 416. The number of hydrogen-bond acceptors (Lipinski definition) is 2. The fourth-order valence-corrected chi connectivity index (χ4v) is 2.03. The second kappa shape index (κ2) is 7.51. The number of nitrogens with one attached hydrogen (secondary N) is 1. The van der Waals surface area contributed by atoms with E-state index in [1.54, 1.807) is 0 Å². The van der Waals surface area contributed by atoms with Gasteiger partial charge in [0.05, 0.1) is 5.60 Å². The predicted octanol–water partition coefficient (Wildman–Crippen LogP) is 2.94. The first-order valence-corrected chi connectivity index (χ1v) is 7.11. The third kappa shape index (κ3) is 5.21. The Morgan fingerprint density at radius 1 is 1.32 bits per heavy atom. The van der Waals surface area contributed by atoms with Crippen molar-refractivity contribution in [3.8, 4) is 0 Å². The standard InChI is InChI=1S/C15H22ClNO2/c1-3-15(19,4-2)11-17-14(18)10-9-12-7-5-6-8-13(12)16/h5-8,19H,3-4,9-11H2,1-2H3,(H,17,18). The number of hydrogen-bond donors (Lipinski definition) is 2. The molecule has 0 heterocycles. The maximum atomic E-state index is 11.7. The number of carbonyl (C=O) groups excluding carboxylic acids is 1. The number of aliphatic hydroxyl groups is 1. The van der Waals surface area contributed by atoms with Crippen LogP contribution in [0.5, 0.6) is 0 Å². The van der Waals surface area contributed by atoms with Crippen molar-refractivity contribution >= 4 is 17.5 Å². The van der Waals surface area contributed by atoms with Crippen LogP contribution < -0.4 is 5.32 Å². The molecule has 4 heteroatoms. The molecule has 0 aliphatic heterocycles. The molecule has 0 spiro atoms. The molecule has 1 rings (SSSR count). The van der Waals surface area contributed by atoms with Gasteiger partial charge in [0.15, 0.2) is 0 Å². The minimum Gasteiger partial charge on any atom is -0.388 e. The number of carbonyl (C=O) groups is 1. The quantitative estimate of drug-likeness (QED) is 0.808. The summed E-state index contributed by atoms with van der Waals surface area (Å²) in [5, 5.41) is 13.5. The van der Waals surface area contributed by atoms with Gasteiger partial charge in [-0.1, -0.05) is 43.6 Å². The van der Waals surface area contributed by atoms with Crippen molar-refractivity contribution in [2.75, 3.05) is 6.54 Å². The lowest BCUT2D eigenvalue weighted by Crippen LogP contribution is -2.42. The zero-order valence-electron chi connectivity index (χ0n) is 11.6. The molecule has 1 aromatic carbocycles. The van der Waals surface area contributed by atoms with E-state index in [2.05, 4.69) is 5.32 Å². The van der Waals surface area contributed by atoms with Crippen LogP contribution in [-0.4, -0.2) is 23.2 Å². The molecule has 1 amide bonds. The highest BCUT2D eigenvalue weighted by Gasteiger charge is 2.22. The predicted molar refractivity (Wildman–Crippen MR) is 78.3 cm³/mol. The van der Waals surface area contributed by atoms with Gasteiger partial charge in [-0.05, 0) is 30.9 Å².